The van der Waals surface area contributed by atoms with E-state index >= 15 is 0 Å². The Kier molecular flexibility index (Phi) is 7.28. The molecular weight excluding hydrogens is 400 g/mol. The Bertz CT molecular complexity index is 1170. The zero-order chi connectivity index (χ0) is 22.4. The summed E-state index contributed by atoms with van der Waals surface area (Å²) in [7, 11) is 0. The van der Waals surface area contributed by atoms with E-state index in [1.807, 2.05) is 45.0 Å². The quantitative estimate of drug-likeness (QED) is 0.497. The minimum atomic E-state index is -0.494. The zero-order valence-electron chi connectivity index (χ0n) is 18.1. The third kappa shape index (κ3) is 5.04. The number of hydrogen-bond acceptors (Lipinski definition) is 6. The molecule has 2 heterocycles. The van der Waals surface area contributed by atoms with Crippen LogP contribution >= 0.6 is 0 Å². The van der Waals surface area contributed by atoms with Gasteiger partial charge in [-0.15, -0.1) is 0 Å². The van der Waals surface area contributed by atoms with Crippen molar-refractivity contribution in [2.24, 2.45) is 0 Å². The molecule has 0 amide bonds. The van der Waals surface area contributed by atoms with Crippen LogP contribution in [0.4, 0.5) is 0 Å². The van der Waals surface area contributed by atoms with Crippen LogP contribution in [-0.2, 0) is 29.2 Å². The summed E-state index contributed by atoms with van der Waals surface area (Å²) in [6.45, 7) is 6.84. The van der Waals surface area contributed by atoms with E-state index in [1.165, 1.54) is 4.57 Å². The number of nitrogens with zero attached hydrogens (tertiary/aromatic N) is 3. The number of imidazole rings is 1. The summed E-state index contributed by atoms with van der Waals surface area (Å²) in [5, 5.41) is 0. The van der Waals surface area contributed by atoms with Gasteiger partial charge in [0.15, 0.2) is 11.2 Å². The highest BCUT2D eigenvalue weighted by Gasteiger charge is 2.18. The molecule has 0 radical (unpaired) electrons. The summed E-state index contributed by atoms with van der Waals surface area (Å²) in [6.07, 6.45) is 1.77. The first-order valence-electron chi connectivity index (χ1n) is 10.5. The molecule has 0 bridgehead atoms. The van der Waals surface area contributed by atoms with Crippen LogP contribution in [0.25, 0.3) is 11.2 Å². The van der Waals surface area contributed by atoms with Crippen molar-refractivity contribution in [3.8, 4) is 5.75 Å². The summed E-state index contributed by atoms with van der Waals surface area (Å²) >= 11 is 0. The summed E-state index contributed by atoms with van der Waals surface area (Å²) in [6, 6.07) is 7.57. The van der Waals surface area contributed by atoms with Crippen LogP contribution in [0, 0.1) is 6.92 Å². The number of aryl methyl sites for hydroxylation is 3. The number of hydrogen-bond donors (Lipinski definition) is 1. The first kappa shape index (κ1) is 22.3. The van der Waals surface area contributed by atoms with E-state index in [2.05, 4.69) is 9.97 Å². The van der Waals surface area contributed by atoms with Gasteiger partial charge in [0, 0.05) is 13.1 Å². The fourth-order valence-electron chi connectivity index (χ4n) is 3.37. The molecule has 1 N–H and O–H groups in total. The molecule has 3 rings (SSSR count). The number of H-pyrrole nitrogens is 1. The van der Waals surface area contributed by atoms with Crippen molar-refractivity contribution in [1.82, 2.24) is 19.1 Å². The number of para-hydroxylation sites is 1. The number of nitrogens with one attached hydrogen (secondary N) is 1. The van der Waals surface area contributed by atoms with Gasteiger partial charge < -0.3 is 14.0 Å². The number of aromatic amines is 1. The van der Waals surface area contributed by atoms with Gasteiger partial charge in [0.25, 0.3) is 5.56 Å². The van der Waals surface area contributed by atoms with Crippen LogP contribution < -0.4 is 16.0 Å². The Morgan fingerprint density at radius 2 is 1.94 bits per heavy atom. The fourth-order valence-corrected chi connectivity index (χ4v) is 3.37. The lowest BCUT2D eigenvalue weighted by Crippen LogP contribution is -2.31. The van der Waals surface area contributed by atoms with Gasteiger partial charge in [-0.25, -0.2) is 9.78 Å². The summed E-state index contributed by atoms with van der Waals surface area (Å²) in [5.41, 5.74) is 0.645. The molecule has 0 fully saturated rings. The van der Waals surface area contributed by atoms with Crippen molar-refractivity contribution in [2.45, 2.75) is 59.7 Å². The number of unbranched alkanes of at least 4 members (excludes halogenated alkanes) is 1. The van der Waals surface area contributed by atoms with Gasteiger partial charge in [-0.3, -0.25) is 19.1 Å². The largest absolute Gasteiger partial charge is 0.493 e. The Morgan fingerprint density at radius 3 is 2.65 bits per heavy atom. The van der Waals surface area contributed by atoms with E-state index in [4.69, 9.17) is 9.47 Å². The van der Waals surface area contributed by atoms with Crippen molar-refractivity contribution in [3.05, 3.63) is 56.5 Å². The molecule has 0 aliphatic heterocycles. The van der Waals surface area contributed by atoms with E-state index in [-0.39, 0.29) is 19.6 Å². The van der Waals surface area contributed by atoms with Gasteiger partial charge in [0.1, 0.15) is 18.2 Å². The molecule has 9 heteroatoms. The minimum Gasteiger partial charge on any atom is -0.493 e. The molecule has 1 aromatic carbocycles. The normalized spacial score (nSPS) is 11.1. The lowest BCUT2D eigenvalue weighted by atomic mass is 10.2. The van der Waals surface area contributed by atoms with E-state index in [9.17, 15) is 14.4 Å². The van der Waals surface area contributed by atoms with E-state index in [0.717, 1.165) is 24.2 Å². The molecule has 0 saturated carbocycles. The number of aromatic nitrogens is 4. The summed E-state index contributed by atoms with van der Waals surface area (Å²) in [5.74, 6) is 0.722. The number of fused-ring (bicyclic) bond motifs is 1. The number of rotatable bonds is 10. The van der Waals surface area contributed by atoms with Gasteiger partial charge in [-0.2, -0.15) is 0 Å². The van der Waals surface area contributed by atoms with Gasteiger partial charge >= 0.3 is 11.7 Å². The number of carbonyl (C=O) groups is 1. The molecule has 0 aliphatic carbocycles. The van der Waals surface area contributed by atoms with Crippen LogP contribution in [0.5, 0.6) is 5.75 Å². The Hall–Kier alpha value is -3.36. The molecular formula is C22H28N4O5. The second-order valence-corrected chi connectivity index (χ2v) is 7.23. The van der Waals surface area contributed by atoms with Gasteiger partial charge in [-0.05, 0) is 31.9 Å². The molecule has 0 unspecified atom stereocenters. The van der Waals surface area contributed by atoms with E-state index < -0.39 is 17.2 Å². The highest BCUT2D eigenvalue weighted by molar-refractivity contribution is 5.71. The van der Waals surface area contributed by atoms with Crippen LogP contribution in [0.15, 0.2) is 33.9 Å². The molecule has 0 saturated heterocycles. The molecule has 2 aromatic heterocycles. The zero-order valence-corrected chi connectivity index (χ0v) is 18.1. The first-order valence-corrected chi connectivity index (χ1v) is 10.5. The highest BCUT2D eigenvalue weighted by Crippen LogP contribution is 2.17. The Morgan fingerprint density at radius 1 is 1.16 bits per heavy atom. The molecule has 3 aromatic rings. The minimum absolute atomic E-state index is 0.0858. The van der Waals surface area contributed by atoms with E-state index in [1.54, 1.807) is 4.57 Å². The van der Waals surface area contributed by atoms with Crippen LogP contribution in [-0.4, -0.2) is 31.7 Å². The van der Waals surface area contributed by atoms with Gasteiger partial charge in [-0.1, -0.05) is 31.5 Å². The average Bonchev–Trinajstić information content (AvgIpc) is 3.12. The predicted octanol–water partition coefficient (Wildman–Crippen LogP) is 2.53. The maximum atomic E-state index is 12.4. The average molecular weight is 428 g/mol. The number of benzene rings is 1. The van der Waals surface area contributed by atoms with Crippen molar-refractivity contribution < 1.29 is 14.3 Å². The third-order valence-electron chi connectivity index (χ3n) is 5.04. The first-order chi connectivity index (χ1) is 15.0. The van der Waals surface area contributed by atoms with Crippen molar-refractivity contribution in [2.75, 3.05) is 6.61 Å². The predicted molar refractivity (Wildman–Crippen MR) is 116 cm³/mol. The van der Waals surface area contributed by atoms with Crippen molar-refractivity contribution in [3.63, 3.8) is 0 Å². The SMILES string of the molecule is CCCCn1c(=O)[nH]c(=O)c2c1nc(COC(=O)CCOc1ccccc1C)n2CC. The Balaban J connectivity index is 1.71. The molecule has 0 aliphatic rings. The van der Waals surface area contributed by atoms with Crippen molar-refractivity contribution in [1.29, 1.82) is 0 Å². The fraction of sp³-hybridized carbons (Fsp3) is 0.455. The number of carbonyl (C=O) groups excluding carboxylic acids is 1. The lowest BCUT2D eigenvalue weighted by Gasteiger charge is -2.09. The van der Waals surface area contributed by atoms with E-state index in [0.29, 0.717) is 30.1 Å². The maximum absolute atomic E-state index is 12.4. The standard InChI is InChI=1S/C22H28N4O5/c1-4-6-12-26-20-19(21(28)24-22(26)29)25(5-2)17(23-20)14-31-18(27)11-13-30-16-10-8-7-9-15(16)3/h7-10H,4-6,11-14H2,1-3H3,(H,24,28,29). The summed E-state index contributed by atoms with van der Waals surface area (Å²) in [4.78, 5) is 43.7. The molecule has 166 valence electrons. The second-order valence-electron chi connectivity index (χ2n) is 7.23. The lowest BCUT2D eigenvalue weighted by molar-refractivity contribution is -0.145. The highest BCUT2D eigenvalue weighted by atomic mass is 16.5. The topological polar surface area (TPSA) is 108 Å². The summed E-state index contributed by atoms with van der Waals surface area (Å²) < 4.78 is 14.1. The number of esters is 1. The third-order valence-corrected chi connectivity index (χ3v) is 5.04. The van der Waals surface area contributed by atoms with Crippen LogP contribution in [0.1, 0.15) is 44.5 Å². The van der Waals surface area contributed by atoms with Gasteiger partial charge in [0.05, 0.1) is 13.0 Å². The second kappa shape index (κ2) is 10.1. The number of ether oxygens (including phenoxy) is 2. The molecule has 9 nitrogen and oxygen atoms in total. The van der Waals surface area contributed by atoms with Crippen molar-refractivity contribution >= 4 is 17.1 Å². The monoisotopic (exact) mass is 428 g/mol. The van der Waals surface area contributed by atoms with Gasteiger partial charge in [0.2, 0.25) is 0 Å². The Labute approximate surface area is 179 Å². The molecule has 31 heavy (non-hydrogen) atoms. The maximum Gasteiger partial charge on any atom is 0.330 e. The molecule has 0 spiro atoms. The van der Waals surface area contributed by atoms with Crippen LogP contribution in [0.3, 0.4) is 0 Å². The van der Waals surface area contributed by atoms with Crippen LogP contribution in [0.2, 0.25) is 0 Å². The smallest absolute Gasteiger partial charge is 0.330 e. The molecule has 0 atom stereocenters.